The second kappa shape index (κ2) is 4.27. The summed E-state index contributed by atoms with van der Waals surface area (Å²) in [5.41, 5.74) is 3.31. The zero-order valence-corrected chi connectivity index (χ0v) is 9.60. The minimum absolute atomic E-state index is 1.03. The Balaban J connectivity index is 2.53. The molecule has 0 heterocycles. The minimum atomic E-state index is -1.04. The lowest BCUT2D eigenvalue weighted by Crippen LogP contribution is -2.29. The number of hydrogen-bond donors (Lipinski definition) is 0. The molecular formula is C11H22Si. The molecule has 70 valence electrons. The molecule has 0 unspecified atom stereocenters. The fourth-order valence-corrected chi connectivity index (χ4v) is 4.42. The first kappa shape index (κ1) is 10.0. The Bertz CT molecular complexity index is 141. The van der Waals surface area contributed by atoms with Gasteiger partial charge in [0.05, 0.1) is 8.07 Å². The van der Waals surface area contributed by atoms with Gasteiger partial charge in [-0.05, 0) is 5.54 Å². The van der Waals surface area contributed by atoms with Gasteiger partial charge in [-0.1, -0.05) is 51.6 Å². The van der Waals surface area contributed by atoms with Crippen molar-refractivity contribution in [1.29, 1.82) is 0 Å². The third kappa shape index (κ3) is 2.48. The third-order valence-electron chi connectivity index (χ3n) is 3.43. The highest BCUT2D eigenvalue weighted by Gasteiger charge is 2.28. The van der Waals surface area contributed by atoms with Crippen LogP contribution in [0.2, 0.25) is 18.6 Å². The second-order valence-electron chi connectivity index (χ2n) is 4.71. The van der Waals surface area contributed by atoms with E-state index in [9.17, 15) is 0 Å². The molecule has 0 aliphatic heterocycles. The number of rotatable bonds is 2. The highest BCUT2D eigenvalue weighted by molar-refractivity contribution is 6.83. The molecule has 1 aliphatic carbocycles. The molecule has 0 amide bonds. The van der Waals surface area contributed by atoms with E-state index in [2.05, 4.69) is 25.4 Å². The van der Waals surface area contributed by atoms with Gasteiger partial charge in [-0.15, -0.1) is 12.3 Å². The molecule has 0 saturated heterocycles. The van der Waals surface area contributed by atoms with Crippen LogP contribution in [0.1, 0.15) is 38.5 Å². The van der Waals surface area contributed by atoms with Crippen LogP contribution in [-0.2, 0) is 0 Å². The molecule has 12 heavy (non-hydrogen) atoms. The van der Waals surface area contributed by atoms with E-state index in [1.54, 1.807) is 0 Å². The fraction of sp³-hybridized carbons (Fsp3) is 0.818. The molecule has 1 heteroatoms. The lowest BCUT2D eigenvalue weighted by Gasteiger charge is -2.28. The molecule has 0 atom stereocenters. The van der Waals surface area contributed by atoms with E-state index in [1.165, 1.54) is 38.5 Å². The van der Waals surface area contributed by atoms with E-state index in [0.717, 1.165) is 5.54 Å². The molecule has 1 fully saturated rings. The summed E-state index contributed by atoms with van der Waals surface area (Å²) >= 11 is 0. The van der Waals surface area contributed by atoms with Gasteiger partial charge in [0.1, 0.15) is 0 Å². The molecule has 0 radical (unpaired) electrons. The van der Waals surface area contributed by atoms with E-state index in [-0.39, 0.29) is 0 Å². The largest absolute Gasteiger partial charge is 0.107 e. The van der Waals surface area contributed by atoms with Crippen LogP contribution in [0.25, 0.3) is 0 Å². The predicted octanol–water partition coefficient (Wildman–Crippen LogP) is 4.14. The van der Waals surface area contributed by atoms with Crippen molar-refractivity contribution < 1.29 is 0 Å². The van der Waals surface area contributed by atoms with Crippen molar-refractivity contribution in [2.75, 3.05) is 0 Å². The van der Waals surface area contributed by atoms with Crippen LogP contribution in [0.4, 0.5) is 0 Å². The average molecular weight is 182 g/mol. The van der Waals surface area contributed by atoms with Crippen LogP contribution in [-0.4, -0.2) is 8.07 Å². The molecule has 1 rings (SSSR count). The summed E-state index contributed by atoms with van der Waals surface area (Å²) in [4.78, 5) is 0. The fourth-order valence-electron chi connectivity index (χ4n) is 2.19. The van der Waals surface area contributed by atoms with Crippen LogP contribution in [0.3, 0.4) is 0 Å². The number of hydrogen-bond acceptors (Lipinski definition) is 0. The first-order valence-corrected chi connectivity index (χ1v) is 8.46. The third-order valence-corrected chi connectivity index (χ3v) is 7.17. The van der Waals surface area contributed by atoms with Crippen LogP contribution >= 0.6 is 0 Å². The van der Waals surface area contributed by atoms with Gasteiger partial charge in [0.25, 0.3) is 0 Å². The quantitative estimate of drug-likeness (QED) is 0.445. The van der Waals surface area contributed by atoms with Crippen molar-refractivity contribution in [2.45, 2.75) is 57.2 Å². The minimum Gasteiger partial charge on any atom is -0.107 e. The van der Waals surface area contributed by atoms with E-state index < -0.39 is 8.07 Å². The Labute approximate surface area is 78.1 Å². The molecule has 0 bridgehead atoms. The van der Waals surface area contributed by atoms with Crippen molar-refractivity contribution in [3.05, 3.63) is 12.3 Å². The molecule has 1 saturated carbocycles. The lowest BCUT2D eigenvalue weighted by molar-refractivity contribution is 0.679. The van der Waals surface area contributed by atoms with Gasteiger partial charge in [-0.2, -0.15) is 0 Å². The summed E-state index contributed by atoms with van der Waals surface area (Å²) in [6, 6.07) is 0. The molecule has 0 aromatic heterocycles. The SMILES string of the molecule is C=C[Si](C)(C)C1CCCCCC1. The maximum absolute atomic E-state index is 4.00. The Morgan fingerprint density at radius 2 is 1.58 bits per heavy atom. The highest BCUT2D eigenvalue weighted by atomic mass is 28.3. The normalized spacial score (nSPS) is 21.8. The van der Waals surface area contributed by atoms with Gasteiger partial charge >= 0.3 is 0 Å². The second-order valence-corrected chi connectivity index (χ2v) is 9.58. The molecular weight excluding hydrogens is 160 g/mol. The van der Waals surface area contributed by atoms with Crippen molar-refractivity contribution in [3.8, 4) is 0 Å². The summed E-state index contributed by atoms with van der Waals surface area (Å²) in [5, 5.41) is 0. The summed E-state index contributed by atoms with van der Waals surface area (Å²) in [6.45, 7) is 8.94. The molecule has 0 N–H and O–H groups in total. The Hall–Kier alpha value is -0.0431. The summed E-state index contributed by atoms with van der Waals surface area (Å²) in [5.74, 6) is 0. The molecule has 0 aromatic carbocycles. The van der Waals surface area contributed by atoms with Crippen molar-refractivity contribution in [3.63, 3.8) is 0 Å². The Morgan fingerprint density at radius 3 is 2.00 bits per heavy atom. The van der Waals surface area contributed by atoms with Gasteiger partial charge < -0.3 is 0 Å². The van der Waals surface area contributed by atoms with E-state index in [4.69, 9.17) is 0 Å². The van der Waals surface area contributed by atoms with Crippen LogP contribution < -0.4 is 0 Å². The Morgan fingerprint density at radius 1 is 1.08 bits per heavy atom. The first-order chi connectivity index (χ1) is 5.67. The van der Waals surface area contributed by atoms with E-state index >= 15 is 0 Å². The van der Waals surface area contributed by atoms with Crippen molar-refractivity contribution in [2.24, 2.45) is 0 Å². The maximum atomic E-state index is 4.00. The van der Waals surface area contributed by atoms with E-state index in [0.29, 0.717) is 0 Å². The Kier molecular flexibility index (Phi) is 3.57. The zero-order valence-electron chi connectivity index (χ0n) is 8.60. The van der Waals surface area contributed by atoms with E-state index in [1.807, 2.05) is 0 Å². The van der Waals surface area contributed by atoms with Crippen molar-refractivity contribution >= 4 is 8.07 Å². The summed E-state index contributed by atoms with van der Waals surface area (Å²) < 4.78 is 0. The topological polar surface area (TPSA) is 0 Å². The smallest absolute Gasteiger partial charge is 0.0740 e. The van der Waals surface area contributed by atoms with Crippen LogP contribution in [0.15, 0.2) is 12.3 Å². The summed E-state index contributed by atoms with van der Waals surface area (Å²) in [7, 11) is -1.04. The molecule has 1 aliphatic rings. The first-order valence-electron chi connectivity index (χ1n) is 5.30. The zero-order chi connectivity index (χ0) is 9.03. The van der Waals surface area contributed by atoms with Gasteiger partial charge in [-0.3, -0.25) is 0 Å². The molecule has 0 aromatic rings. The average Bonchev–Trinajstić information content (AvgIpc) is 2.32. The predicted molar refractivity (Wildman–Crippen MR) is 59.1 cm³/mol. The summed E-state index contributed by atoms with van der Waals surface area (Å²) in [6.07, 6.45) is 8.83. The lowest BCUT2D eigenvalue weighted by atomic mass is 10.2. The van der Waals surface area contributed by atoms with Gasteiger partial charge in [-0.25, -0.2) is 0 Å². The molecule has 0 nitrogen and oxygen atoms in total. The van der Waals surface area contributed by atoms with Gasteiger partial charge in [0.15, 0.2) is 0 Å². The van der Waals surface area contributed by atoms with Crippen LogP contribution in [0, 0.1) is 0 Å². The standard InChI is InChI=1S/C11H22Si/c1-4-12(2,3)11-9-7-5-6-8-10-11/h4,11H,1,5-10H2,2-3H3. The highest BCUT2D eigenvalue weighted by Crippen LogP contribution is 2.36. The van der Waals surface area contributed by atoms with Crippen molar-refractivity contribution in [1.82, 2.24) is 0 Å². The molecule has 0 spiro atoms. The van der Waals surface area contributed by atoms with Gasteiger partial charge in [0.2, 0.25) is 0 Å². The maximum Gasteiger partial charge on any atom is 0.0740 e. The van der Waals surface area contributed by atoms with Gasteiger partial charge in [0, 0.05) is 0 Å². The monoisotopic (exact) mass is 182 g/mol. The van der Waals surface area contributed by atoms with Crippen LogP contribution in [0.5, 0.6) is 0 Å².